The zero-order valence-electron chi connectivity index (χ0n) is 14.7. The summed E-state index contributed by atoms with van der Waals surface area (Å²) in [7, 11) is 0. The van der Waals surface area contributed by atoms with Crippen LogP contribution in [-0.2, 0) is 5.75 Å². The number of carbonyl (C=O) groups excluding carboxylic acids is 1. The van der Waals surface area contributed by atoms with E-state index in [1.54, 1.807) is 18.7 Å². The van der Waals surface area contributed by atoms with Crippen LogP contribution in [0.25, 0.3) is 0 Å². The van der Waals surface area contributed by atoms with Crippen molar-refractivity contribution in [2.75, 3.05) is 0 Å². The minimum Gasteiger partial charge on any atom is -0.350 e. The van der Waals surface area contributed by atoms with Gasteiger partial charge in [-0.05, 0) is 37.8 Å². The Hall–Kier alpha value is -1.82. The molecule has 24 heavy (non-hydrogen) atoms. The van der Waals surface area contributed by atoms with Gasteiger partial charge in [0, 0.05) is 17.9 Å². The second-order valence-electron chi connectivity index (χ2n) is 6.36. The standard InChI is InChI=1S/C18H25N3O2S/c1-12(2)9-10-13(3)19-18(22)15-7-5-6-8-16(15)24-11-17-20-14(4)23-21-17/h5-8,12-13H,9-11H2,1-4H3,(H,19,22). The van der Waals surface area contributed by atoms with Crippen molar-refractivity contribution in [3.05, 3.63) is 41.5 Å². The van der Waals surface area contributed by atoms with Gasteiger partial charge in [0.1, 0.15) is 0 Å². The average Bonchev–Trinajstić information content (AvgIpc) is 2.96. The minimum absolute atomic E-state index is 0.0290. The zero-order chi connectivity index (χ0) is 17.5. The highest BCUT2D eigenvalue weighted by atomic mass is 32.2. The van der Waals surface area contributed by atoms with E-state index in [4.69, 9.17) is 4.52 Å². The van der Waals surface area contributed by atoms with E-state index in [-0.39, 0.29) is 11.9 Å². The summed E-state index contributed by atoms with van der Waals surface area (Å²) < 4.78 is 4.98. The maximum absolute atomic E-state index is 12.6. The molecule has 6 heteroatoms. The Balaban J connectivity index is 1.98. The van der Waals surface area contributed by atoms with Crippen LogP contribution in [0.5, 0.6) is 0 Å². The fourth-order valence-corrected chi connectivity index (χ4v) is 3.17. The Labute approximate surface area is 147 Å². The van der Waals surface area contributed by atoms with E-state index in [0.29, 0.717) is 28.9 Å². The molecule has 1 N–H and O–H groups in total. The molecule has 0 aliphatic carbocycles. The lowest BCUT2D eigenvalue weighted by Crippen LogP contribution is -2.33. The van der Waals surface area contributed by atoms with Crippen LogP contribution < -0.4 is 5.32 Å². The number of thioether (sulfide) groups is 1. The van der Waals surface area contributed by atoms with Crippen LogP contribution in [-0.4, -0.2) is 22.1 Å². The first-order valence-corrected chi connectivity index (χ1v) is 9.26. The molecule has 1 atom stereocenters. The van der Waals surface area contributed by atoms with Crippen LogP contribution in [0.1, 0.15) is 55.7 Å². The summed E-state index contributed by atoms with van der Waals surface area (Å²) in [5, 5.41) is 6.98. The molecule has 0 bridgehead atoms. The second kappa shape index (κ2) is 8.87. The van der Waals surface area contributed by atoms with Gasteiger partial charge in [0.2, 0.25) is 5.89 Å². The van der Waals surface area contributed by atoms with Crippen LogP contribution in [0.4, 0.5) is 0 Å². The molecule has 5 nitrogen and oxygen atoms in total. The molecule has 0 radical (unpaired) electrons. The second-order valence-corrected chi connectivity index (χ2v) is 7.38. The monoisotopic (exact) mass is 347 g/mol. The smallest absolute Gasteiger partial charge is 0.252 e. The predicted molar refractivity (Wildman–Crippen MR) is 96.0 cm³/mol. The number of nitrogens with one attached hydrogen (secondary N) is 1. The third-order valence-electron chi connectivity index (χ3n) is 3.61. The summed E-state index contributed by atoms with van der Waals surface area (Å²) in [6.07, 6.45) is 2.09. The Kier molecular flexibility index (Phi) is 6.85. The average molecular weight is 347 g/mol. The van der Waals surface area contributed by atoms with E-state index < -0.39 is 0 Å². The van der Waals surface area contributed by atoms with Crippen molar-refractivity contribution in [2.45, 2.75) is 57.2 Å². The summed E-state index contributed by atoms with van der Waals surface area (Å²) in [5.41, 5.74) is 0.694. The van der Waals surface area contributed by atoms with Crippen molar-refractivity contribution >= 4 is 17.7 Å². The highest BCUT2D eigenvalue weighted by molar-refractivity contribution is 7.98. The van der Waals surface area contributed by atoms with E-state index in [2.05, 4.69) is 36.2 Å². The van der Waals surface area contributed by atoms with Crippen LogP contribution >= 0.6 is 11.8 Å². The van der Waals surface area contributed by atoms with Crippen molar-refractivity contribution in [1.82, 2.24) is 15.5 Å². The molecule has 0 fully saturated rings. The maximum atomic E-state index is 12.6. The van der Waals surface area contributed by atoms with Crippen LogP contribution in [0, 0.1) is 12.8 Å². The molecule has 1 aromatic heterocycles. The highest BCUT2D eigenvalue weighted by Crippen LogP contribution is 2.25. The Bertz CT molecular complexity index is 670. The van der Waals surface area contributed by atoms with Crippen LogP contribution in [0.3, 0.4) is 0 Å². The molecule has 130 valence electrons. The number of aryl methyl sites for hydroxylation is 1. The van der Waals surface area contributed by atoms with Gasteiger partial charge in [0.15, 0.2) is 5.82 Å². The minimum atomic E-state index is -0.0290. The SMILES string of the molecule is Cc1nc(CSc2ccccc2C(=O)NC(C)CCC(C)C)no1. The Morgan fingerprint density at radius 2 is 2.00 bits per heavy atom. The molecule has 2 aromatic rings. The van der Waals surface area contributed by atoms with Gasteiger partial charge in [0.25, 0.3) is 5.91 Å². The predicted octanol–water partition coefficient (Wildman–Crippen LogP) is 4.22. The molecule has 1 unspecified atom stereocenters. The quantitative estimate of drug-likeness (QED) is 0.724. The number of rotatable bonds is 8. The number of benzene rings is 1. The van der Waals surface area contributed by atoms with Gasteiger partial charge in [-0.3, -0.25) is 4.79 Å². The van der Waals surface area contributed by atoms with E-state index in [9.17, 15) is 4.79 Å². The maximum Gasteiger partial charge on any atom is 0.252 e. The first-order valence-electron chi connectivity index (χ1n) is 8.27. The van der Waals surface area contributed by atoms with Crippen molar-refractivity contribution in [1.29, 1.82) is 0 Å². The summed E-state index contributed by atoms with van der Waals surface area (Å²) in [6, 6.07) is 7.79. The van der Waals surface area contributed by atoms with Crippen molar-refractivity contribution in [2.24, 2.45) is 5.92 Å². The van der Waals surface area contributed by atoms with E-state index >= 15 is 0 Å². The zero-order valence-corrected chi connectivity index (χ0v) is 15.5. The lowest BCUT2D eigenvalue weighted by atomic mass is 10.0. The van der Waals surface area contributed by atoms with Gasteiger partial charge < -0.3 is 9.84 Å². The van der Waals surface area contributed by atoms with Crippen molar-refractivity contribution in [3.63, 3.8) is 0 Å². The molecule has 2 rings (SSSR count). The number of aromatic nitrogens is 2. The van der Waals surface area contributed by atoms with Gasteiger partial charge in [0.05, 0.1) is 11.3 Å². The van der Waals surface area contributed by atoms with E-state index in [0.717, 1.165) is 17.7 Å². The molecule has 1 heterocycles. The molecule has 1 amide bonds. The third-order valence-corrected chi connectivity index (χ3v) is 4.68. The van der Waals surface area contributed by atoms with E-state index in [1.165, 1.54) is 0 Å². The first-order chi connectivity index (χ1) is 11.5. The molecule has 0 spiro atoms. The van der Waals surface area contributed by atoms with Gasteiger partial charge in [-0.2, -0.15) is 4.98 Å². The van der Waals surface area contributed by atoms with E-state index in [1.807, 2.05) is 24.3 Å². The highest BCUT2D eigenvalue weighted by Gasteiger charge is 2.15. The summed E-state index contributed by atoms with van der Waals surface area (Å²) in [4.78, 5) is 17.7. The van der Waals surface area contributed by atoms with Crippen LogP contribution in [0.2, 0.25) is 0 Å². The molecule has 0 saturated heterocycles. The molecule has 0 aliphatic heterocycles. The largest absolute Gasteiger partial charge is 0.350 e. The van der Waals surface area contributed by atoms with Crippen molar-refractivity contribution in [3.8, 4) is 0 Å². The first kappa shape index (κ1) is 18.5. The van der Waals surface area contributed by atoms with Crippen LogP contribution in [0.15, 0.2) is 33.7 Å². The molecular weight excluding hydrogens is 322 g/mol. The van der Waals surface area contributed by atoms with Gasteiger partial charge in [-0.1, -0.05) is 31.1 Å². The molecular formula is C18H25N3O2S. The van der Waals surface area contributed by atoms with Gasteiger partial charge >= 0.3 is 0 Å². The molecule has 0 aliphatic rings. The van der Waals surface area contributed by atoms with Gasteiger partial charge in [-0.15, -0.1) is 11.8 Å². The number of hydrogen-bond donors (Lipinski definition) is 1. The summed E-state index contributed by atoms with van der Waals surface area (Å²) in [5.74, 6) is 2.38. The normalized spacial score (nSPS) is 12.4. The fraction of sp³-hybridized carbons (Fsp3) is 0.500. The lowest BCUT2D eigenvalue weighted by Gasteiger charge is -2.16. The number of carbonyl (C=O) groups is 1. The third kappa shape index (κ3) is 5.67. The number of amides is 1. The summed E-state index contributed by atoms with van der Waals surface area (Å²) in [6.45, 7) is 8.21. The Morgan fingerprint density at radius 1 is 1.25 bits per heavy atom. The Morgan fingerprint density at radius 3 is 2.67 bits per heavy atom. The molecule has 1 aromatic carbocycles. The summed E-state index contributed by atoms with van der Waals surface area (Å²) >= 11 is 1.54. The fourth-order valence-electron chi connectivity index (χ4n) is 2.28. The topological polar surface area (TPSA) is 68.0 Å². The lowest BCUT2D eigenvalue weighted by molar-refractivity contribution is 0.0934. The van der Waals surface area contributed by atoms with Crippen molar-refractivity contribution < 1.29 is 9.32 Å². The van der Waals surface area contributed by atoms with Gasteiger partial charge in [-0.25, -0.2) is 0 Å². The molecule has 0 saturated carbocycles. The number of nitrogens with zero attached hydrogens (tertiary/aromatic N) is 2. The number of hydrogen-bond acceptors (Lipinski definition) is 5.